The molecule has 0 unspecified atom stereocenters. The standard InChI is InChI=1S/C13H18ClFN2O/c1-13(2,3)10(18)7-5-8-4-6-9(14)12(17-16)11(8)15/h4,6,17H,5,7,16H2,1-3H3. The zero-order chi connectivity index (χ0) is 13.9. The molecule has 0 amide bonds. The molecule has 0 spiro atoms. The van der Waals surface area contributed by atoms with Gasteiger partial charge in [0.05, 0.1) is 5.02 Å². The van der Waals surface area contributed by atoms with E-state index < -0.39 is 11.2 Å². The Hall–Kier alpha value is -1.13. The molecule has 0 saturated carbocycles. The summed E-state index contributed by atoms with van der Waals surface area (Å²) < 4.78 is 13.9. The topological polar surface area (TPSA) is 55.1 Å². The normalized spacial score (nSPS) is 11.4. The fourth-order valence-electron chi connectivity index (χ4n) is 1.54. The Labute approximate surface area is 111 Å². The maximum Gasteiger partial charge on any atom is 0.152 e. The van der Waals surface area contributed by atoms with Gasteiger partial charge in [0.25, 0.3) is 0 Å². The van der Waals surface area contributed by atoms with E-state index in [1.54, 1.807) is 12.1 Å². The number of Topliss-reactive ketones (excluding diaryl/α,β-unsaturated/α-hetero) is 1. The lowest BCUT2D eigenvalue weighted by Crippen LogP contribution is -2.20. The summed E-state index contributed by atoms with van der Waals surface area (Å²) in [6.07, 6.45) is 0.639. The van der Waals surface area contributed by atoms with Crippen molar-refractivity contribution < 1.29 is 9.18 Å². The van der Waals surface area contributed by atoms with E-state index in [-0.39, 0.29) is 16.5 Å². The molecule has 5 heteroatoms. The number of hydrogen-bond donors (Lipinski definition) is 2. The third-order valence-corrected chi connectivity index (χ3v) is 3.09. The molecule has 0 atom stereocenters. The zero-order valence-corrected chi connectivity index (χ0v) is 11.6. The number of carbonyl (C=O) groups excluding carboxylic acids is 1. The van der Waals surface area contributed by atoms with Crippen molar-refractivity contribution in [2.45, 2.75) is 33.6 Å². The first-order valence-corrected chi connectivity index (χ1v) is 6.12. The molecule has 0 bridgehead atoms. The number of aryl methyl sites for hydroxylation is 1. The van der Waals surface area contributed by atoms with Crippen molar-refractivity contribution in [2.24, 2.45) is 11.3 Å². The summed E-state index contributed by atoms with van der Waals surface area (Å²) in [5.74, 6) is 4.81. The van der Waals surface area contributed by atoms with Crippen LogP contribution in [0.4, 0.5) is 10.1 Å². The first kappa shape index (κ1) is 14.9. The molecule has 18 heavy (non-hydrogen) atoms. The van der Waals surface area contributed by atoms with Crippen LogP contribution in [-0.2, 0) is 11.2 Å². The molecule has 1 aromatic carbocycles. The first-order valence-electron chi connectivity index (χ1n) is 5.74. The number of nitrogens with one attached hydrogen (secondary N) is 1. The van der Waals surface area contributed by atoms with E-state index in [0.29, 0.717) is 18.4 Å². The second kappa shape index (κ2) is 5.67. The SMILES string of the molecule is CC(C)(C)C(=O)CCc1ccc(Cl)c(NN)c1F. The highest BCUT2D eigenvalue weighted by Crippen LogP contribution is 2.28. The van der Waals surface area contributed by atoms with E-state index in [1.807, 2.05) is 20.8 Å². The van der Waals surface area contributed by atoms with Crippen LogP contribution in [0.3, 0.4) is 0 Å². The van der Waals surface area contributed by atoms with Crippen LogP contribution in [0.5, 0.6) is 0 Å². The molecule has 0 aromatic heterocycles. The minimum Gasteiger partial charge on any atom is -0.320 e. The average molecular weight is 273 g/mol. The van der Waals surface area contributed by atoms with Crippen molar-refractivity contribution in [1.29, 1.82) is 0 Å². The summed E-state index contributed by atoms with van der Waals surface area (Å²) in [4.78, 5) is 11.8. The fourth-order valence-corrected chi connectivity index (χ4v) is 1.74. The Bertz CT molecular complexity index is 455. The third-order valence-electron chi connectivity index (χ3n) is 2.77. The maximum atomic E-state index is 13.9. The lowest BCUT2D eigenvalue weighted by Gasteiger charge is -2.16. The molecule has 100 valence electrons. The number of carbonyl (C=O) groups is 1. The number of hydrazine groups is 1. The molecule has 0 radical (unpaired) electrons. The highest BCUT2D eigenvalue weighted by molar-refractivity contribution is 6.33. The van der Waals surface area contributed by atoms with E-state index in [9.17, 15) is 9.18 Å². The summed E-state index contributed by atoms with van der Waals surface area (Å²) in [5, 5.41) is 0.223. The maximum absolute atomic E-state index is 13.9. The quantitative estimate of drug-likeness (QED) is 0.653. The van der Waals surface area contributed by atoms with Crippen molar-refractivity contribution >= 4 is 23.1 Å². The van der Waals surface area contributed by atoms with E-state index in [2.05, 4.69) is 5.43 Å². The number of rotatable bonds is 4. The molecule has 0 heterocycles. The van der Waals surface area contributed by atoms with Crippen LogP contribution in [0.2, 0.25) is 5.02 Å². The average Bonchev–Trinajstić information content (AvgIpc) is 2.27. The second-order valence-electron chi connectivity index (χ2n) is 5.21. The number of ketones is 1. The van der Waals surface area contributed by atoms with Crippen molar-refractivity contribution in [3.8, 4) is 0 Å². The minimum atomic E-state index is -0.494. The van der Waals surface area contributed by atoms with Gasteiger partial charge < -0.3 is 5.43 Å². The molecular weight excluding hydrogens is 255 g/mol. The van der Waals surface area contributed by atoms with Gasteiger partial charge in [-0.3, -0.25) is 10.6 Å². The molecule has 0 saturated heterocycles. The summed E-state index contributed by atoms with van der Waals surface area (Å²) in [6, 6.07) is 3.14. The van der Waals surface area contributed by atoms with Crippen LogP contribution in [0.1, 0.15) is 32.8 Å². The number of halogens is 2. The third kappa shape index (κ3) is 3.43. The predicted octanol–water partition coefficient (Wildman–Crippen LogP) is 3.31. The Morgan fingerprint density at radius 1 is 1.44 bits per heavy atom. The Kier molecular flexibility index (Phi) is 4.71. The fraction of sp³-hybridized carbons (Fsp3) is 0.462. The van der Waals surface area contributed by atoms with Gasteiger partial charge in [0.15, 0.2) is 5.82 Å². The van der Waals surface area contributed by atoms with Gasteiger partial charge in [-0.1, -0.05) is 38.4 Å². The van der Waals surface area contributed by atoms with Gasteiger partial charge in [0.1, 0.15) is 11.5 Å². The van der Waals surface area contributed by atoms with Crippen LogP contribution < -0.4 is 11.3 Å². The van der Waals surface area contributed by atoms with Crippen LogP contribution in [-0.4, -0.2) is 5.78 Å². The molecule has 1 rings (SSSR count). The minimum absolute atomic E-state index is 0.0670. The van der Waals surface area contributed by atoms with Crippen LogP contribution in [0.15, 0.2) is 12.1 Å². The Morgan fingerprint density at radius 2 is 2.06 bits per heavy atom. The highest BCUT2D eigenvalue weighted by atomic mass is 35.5. The number of benzene rings is 1. The number of nitrogens with two attached hydrogens (primary N) is 1. The molecule has 3 nitrogen and oxygen atoms in total. The van der Waals surface area contributed by atoms with Crippen molar-refractivity contribution in [3.63, 3.8) is 0 Å². The molecule has 3 N–H and O–H groups in total. The summed E-state index contributed by atoms with van der Waals surface area (Å²) >= 11 is 5.79. The number of hydrogen-bond acceptors (Lipinski definition) is 3. The van der Waals surface area contributed by atoms with E-state index in [1.165, 1.54) is 0 Å². The summed E-state index contributed by atoms with van der Waals surface area (Å²) in [5.41, 5.74) is 2.33. The van der Waals surface area contributed by atoms with Crippen LogP contribution in [0.25, 0.3) is 0 Å². The predicted molar refractivity (Wildman–Crippen MR) is 72.0 cm³/mol. The lowest BCUT2D eigenvalue weighted by molar-refractivity contribution is -0.126. The van der Waals surface area contributed by atoms with E-state index in [0.717, 1.165) is 0 Å². The van der Waals surface area contributed by atoms with Crippen molar-refractivity contribution in [2.75, 3.05) is 5.43 Å². The van der Waals surface area contributed by atoms with Gasteiger partial charge in [-0.15, -0.1) is 0 Å². The molecule has 0 fully saturated rings. The molecule has 0 aliphatic carbocycles. The van der Waals surface area contributed by atoms with Gasteiger partial charge >= 0.3 is 0 Å². The van der Waals surface area contributed by atoms with Crippen LogP contribution >= 0.6 is 11.6 Å². The first-order chi connectivity index (χ1) is 8.27. The largest absolute Gasteiger partial charge is 0.320 e. The monoisotopic (exact) mass is 272 g/mol. The lowest BCUT2D eigenvalue weighted by atomic mass is 9.87. The number of anilines is 1. The molecule has 0 aliphatic rings. The Morgan fingerprint density at radius 3 is 2.56 bits per heavy atom. The molecule has 1 aromatic rings. The summed E-state index contributed by atoms with van der Waals surface area (Å²) in [6.45, 7) is 5.54. The smallest absolute Gasteiger partial charge is 0.152 e. The molecule has 0 aliphatic heterocycles. The van der Waals surface area contributed by atoms with Crippen molar-refractivity contribution in [1.82, 2.24) is 0 Å². The van der Waals surface area contributed by atoms with Gasteiger partial charge in [0.2, 0.25) is 0 Å². The van der Waals surface area contributed by atoms with Gasteiger partial charge in [-0.2, -0.15) is 0 Å². The summed E-state index contributed by atoms with van der Waals surface area (Å²) in [7, 11) is 0. The van der Waals surface area contributed by atoms with Gasteiger partial charge in [-0.05, 0) is 18.1 Å². The van der Waals surface area contributed by atoms with Crippen molar-refractivity contribution in [3.05, 3.63) is 28.5 Å². The van der Waals surface area contributed by atoms with Gasteiger partial charge in [-0.25, -0.2) is 4.39 Å². The van der Waals surface area contributed by atoms with E-state index in [4.69, 9.17) is 17.4 Å². The highest BCUT2D eigenvalue weighted by Gasteiger charge is 2.21. The van der Waals surface area contributed by atoms with E-state index >= 15 is 0 Å². The van der Waals surface area contributed by atoms with Crippen LogP contribution in [0, 0.1) is 11.2 Å². The van der Waals surface area contributed by atoms with Gasteiger partial charge in [0, 0.05) is 11.8 Å². The Balaban J connectivity index is 2.84. The molecular formula is C13H18ClFN2O. The second-order valence-corrected chi connectivity index (χ2v) is 5.62. The number of nitrogen functional groups attached to an aromatic ring is 1. The zero-order valence-electron chi connectivity index (χ0n) is 10.8.